The number of rotatable bonds is 4. The highest BCUT2D eigenvalue weighted by atomic mass is 16.5. The average Bonchev–Trinajstić information content (AvgIpc) is 3.01. The lowest BCUT2D eigenvalue weighted by atomic mass is 10.0. The van der Waals surface area contributed by atoms with E-state index < -0.39 is 12.0 Å². The summed E-state index contributed by atoms with van der Waals surface area (Å²) in [5, 5.41) is 24.9. The van der Waals surface area contributed by atoms with Crippen LogP contribution in [0.1, 0.15) is 11.6 Å². The Morgan fingerprint density at radius 3 is 2.86 bits per heavy atom. The first kappa shape index (κ1) is 13.9. The number of methoxy groups -OCH3 is 2. The number of carbonyl (C=O) groups is 1. The molecule has 0 spiro atoms. The molecule has 22 heavy (non-hydrogen) atoms. The maximum atomic E-state index is 11.1. The van der Waals surface area contributed by atoms with Gasteiger partial charge in [0.25, 0.3) is 0 Å². The van der Waals surface area contributed by atoms with Crippen LogP contribution in [0, 0.1) is 0 Å². The van der Waals surface area contributed by atoms with Crippen molar-refractivity contribution in [1.29, 1.82) is 0 Å². The van der Waals surface area contributed by atoms with Crippen molar-refractivity contribution in [1.82, 2.24) is 20.2 Å². The van der Waals surface area contributed by atoms with Crippen molar-refractivity contribution < 1.29 is 19.4 Å². The molecule has 1 aliphatic rings. The molecule has 2 heterocycles. The molecule has 1 aromatic heterocycles. The first-order valence-corrected chi connectivity index (χ1v) is 6.34. The third kappa shape index (κ3) is 2.22. The fourth-order valence-corrected chi connectivity index (χ4v) is 2.26. The summed E-state index contributed by atoms with van der Waals surface area (Å²) in [7, 11) is 3.07. The molecule has 1 aromatic carbocycles. The van der Waals surface area contributed by atoms with Crippen LogP contribution in [-0.4, -0.2) is 40.4 Å². The molecular weight excluding hydrogens is 290 g/mol. The van der Waals surface area contributed by atoms with E-state index in [9.17, 15) is 9.90 Å². The predicted molar refractivity (Wildman–Crippen MR) is 72.2 cm³/mol. The van der Waals surface area contributed by atoms with Gasteiger partial charge in [0.15, 0.2) is 0 Å². The van der Waals surface area contributed by atoms with Gasteiger partial charge in [0, 0.05) is 11.6 Å². The molecule has 0 radical (unpaired) electrons. The minimum atomic E-state index is -1.34. The Morgan fingerprint density at radius 2 is 2.18 bits per heavy atom. The van der Waals surface area contributed by atoms with E-state index in [1.54, 1.807) is 25.3 Å². The highest BCUT2D eigenvalue weighted by Crippen LogP contribution is 2.35. The third-order valence-electron chi connectivity index (χ3n) is 3.31. The Bertz CT molecular complexity index is 755. The molecule has 114 valence electrons. The number of allylic oxidation sites excluding steroid dienone is 1. The number of benzene rings is 1. The summed E-state index contributed by atoms with van der Waals surface area (Å²) in [5.41, 5.74) is 0.585. The van der Waals surface area contributed by atoms with Gasteiger partial charge in [-0.15, -0.1) is 0 Å². The number of fused-ring (bicyclic) bond motifs is 1. The van der Waals surface area contributed by atoms with Crippen LogP contribution in [-0.2, 0) is 4.79 Å². The van der Waals surface area contributed by atoms with Crippen LogP contribution < -0.4 is 19.9 Å². The quantitative estimate of drug-likeness (QED) is 0.791. The van der Waals surface area contributed by atoms with Crippen LogP contribution in [0.15, 0.2) is 30.0 Å². The number of nitrogens with one attached hydrogen (secondary N) is 1. The summed E-state index contributed by atoms with van der Waals surface area (Å²) in [6.45, 7) is 0. The molecule has 1 N–H and O–H groups in total. The van der Waals surface area contributed by atoms with Crippen LogP contribution in [0.4, 0.5) is 5.95 Å². The third-order valence-corrected chi connectivity index (χ3v) is 3.31. The monoisotopic (exact) mass is 302 g/mol. The van der Waals surface area contributed by atoms with Crippen molar-refractivity contribution in [2.45, 2.75) is 6.04 Å². The number of carboxylic acids is 1. The van der Waals surface area contributed by atoms with Gasteiger partial charge in [-0.2, -0.15) is 4.68 Å². The number of hydrogen-bond acceptors (Lipinski definition) is 8. The van der Waals surface area contributed by atoms with Gasteiger partial charge in [0.1, 0.15) is 17.5 Å². The second kappa shape index (κ2) is 5.35. The number of aromatic nitrogens is 4. The molecule has 9 heteroatoms. The van der Waals surface area contributed by atoms with Crippen molar-refractivity contribution in [2.75, 3.05) is 19.5 Å². The zero-order valence-corrected chi connectivity index (χ0v) is 11.8. The number of hydrogen-bond donors (Lipinski definition) is 1. The van der Waals surface area contributed by atoms with Crippen LogP contribution in [0.3, 0.4) is 0 Å². The van der Waals surface area contributed by atoms with Gasteiger partial charge in [0.05, 0.1) is 25.9 Å². The number of tetrazole rings is 1. The van der Waals surface area contributed by atoms with Crippen molar-refractivity contribution in [3.63, 3.8) is 0 Å². The molecule has 0 amide bonds. The molecule has 1 aliphatic heterocycles. The largest absolute Gasteiger partial charge is 0.543 e. The van der Waals surface area contributed by atoms with E-state index in [2.05, 4.69) is 20.8 Å². The van der Waals surface area contributed by atoms with Crippen LogP contribution in [0.5, 0.6) is 11.5 Å². The van der Waals surface area contributed by atoms with Crippen molar-refractivity contribution >= 4 is 11.9 Å². The summed E-state index contributed by atoms with van der Waals surface area (Å²) < 4.78 is 12.0. The highest BCUT2D eigenvalue weighted by molar-refractivity contribution is 5.88. The first-order valence-electron chi connectivity index (χ1n) is 6.34. The lowest BCUT2D eigenvalue weighted by Gasteiger charge is -2.24. The van der Waals surface area contributed by atoms with Gasteiger partial charge in [-0.05, 0) is 28.6 Å². The number of carboxylic acid groups (broad SMARTS) is 1. The lowest BCUT2D eigenvalue weighted by molar-refractivity contribution is -0.299. The second-order valence-electron chi connectivity index (χ2n) is 4.49. The van der Waals surface area contributed by atoms with Gasteiger partial charge in [-0.25, -0.2) is 0 Å². The SMILES string of the molecule is COc1ccc([C@@H]2C=C(C(=O)[O-])Nc3nnnn32)c(OC)c1. The fourth-order valence-electron chi connectivity index (χ4n) is 2.26. The lowest BCUT2D eigenvalue weighted by Crippen LogP contribution is -2.33. The van der Waals surface area contributed by atoms with Gasteiger partial charge in [-0.1, -0.05) is 5.10 Å². The summed E-state index contributed by atoms with van der Waals surface area (Å²) in [6, 6.07) is 4.67. The second-order valence-corrected chi connectivity index (χ2v) is 4.49. The van der Waals surface area contributed by atoms with E-state index in [4.69, 9.17) is 9.47 Å². The van der Waals surface area contributed by atoms with E-state index >= 15 is 0 Å². The smallest absolute Gasteiger partial charge is 0.248 e. The molecule has 9 nitrogen and oxygen atoms in total. The number of carbonyl (C=O) groups excluding carboxylic acids is 1. The number of aliphatic carboxylic acids is 1. The van der Waals surface area contributed by atoms with Gasteiger partial charge < -0.3 is 24.7 Å². The van der Waals surface area contributed by atoms with Crippen molar-refractivity contribution in [2.24, 2.45) is 0 Å². The van der Waals surface area contributed by atoms with Gasteiger partial charge in [-0.3, -0.25) is 0 Å². The van der Waals surface area contributed by atoms with Crippen LogP contribution in [0.2, 0.25) is 0 Å². The first-order chi connectivity index (χ1) is 10.6. The molecule has 3 rings (SSSR count). The van der Waals surface area contributed by atoms with E-state index in [-0.39, 0.29) is 11.6 Å². The molecule has 0 saturated heterocycles. The summed E-state index contributed by atoms with van der Waals surface area (Å²) in [6.07, 6.45) is 1.46. The number of nitrogens with zero attached hydrogens (tertiary/aromatic N) is 4. The van der Waals surface area contributed by atoms with E-state index in [1.165, 1.54) is 17.9 Å². The maximum absolute atomic E-state index is 11.1. The van der Waals surface area contributed by atoms with Crippen molar-refractivity contribution in [3.8, 4) is 11.5 Å². The van der Waals surface area contributed by atoms with Crippen LogP contribution in [0.25, 0.3) is 0 Å². The van der Waals surface area contributed by atoms with Crippen LogP contribution >= 0.6 is 0 Å². The van der Waals surface area contributed by atoms with Gasteiger partial charge in [0.2, 0.25) is 5.95 Å². The average molecular weight is 302 g/mol. The minimum Gasteiger partial charge on any atom is -0.543 e. The Labute approximate surface area is 125 Å². The minimum absolute atomic E-state index is 0.106. The topological polar surface area (TPSA) is 114 Å². The van der Waals surface area contributed by atoms with E-state index in [1.807, 2.05) is 0 Å². The summed E-state index contributed by atoms with van der Waals surface area (Å²) in [5.74, 6) is 0.0218. The summed E-state index contributed by atoms with van der Waals surface area (Å²) in [4.78, 5) is 11.1. The molecule has 0 bridgehead atoms. The standard InChI is InChI=1S/C13H13N5O4/c1-21-7-3-4-8(11(5-7)22-2)10-6-9(12(19)20)14-13-15-16-17-18(10)13/h3-6,10H,1-2H3,(H,19,20)(H,14,15,17)/p-1/t10-/m0/s1. The molecule has 1 atom stereocenters. The van der Waals surface area contributed by atoms with E-state index in [0.717, 1.165) is 0 Å². The molecular formula is C13H12N5O4-. The molecule has 0 unspecified atom stereocenters. The Hall–Kier alpha value is -3.10. The molecule has 2 aromatic rings. The maximum Gasteiger partial charge on any atom is 0.248 e. The zero-order chi connectivity index (χ0) is 15.7. The molecule has 0 saturated carbocycles. The normalized spacial score (nSPS) is 16.3. The fraction of sp³-hybridized carbons (Fsp3) is 0.231. The molecule has 0 aliphatic carbocycles. The predicted octanol–water partition coefficient (Wildman–Crippen LogP) is -0.661. The summed E-state index contributed by atoms with van der Waals surface area (Å²) >= 11 is 0. The van der Waals surface area contributed by atoms with Gasteiger partial charge >= 0.3 is 0 Å². The highest BCUT2D eigenvalue weighted by Gasteiger charge is 2.26. The zero-order valence-electron chi connectivity index (χ0n) is 11.8. The Balaban J connectivity index is 2.13. The Morgan fingerprint density at radius 1 is 1.36 bits per heavy atom. The van der Waals surface area contributed by atoms with Crippen molar-refractivity contribution in [3.05, 3.63) is 35.5 Å². The Kier molecular flexibility index (Phi) is 3.37. The molecule has 0 fully saturated rings. The number of ether oxygens (including phenoxy) is 2. The van der Waals surface area contributed by atoms with E-state index in [0.29, 0.717) is 17.1 Å². The number of anilines is 1.